The first-order chi connectivity index (χ1) is 11.5. The first kappa shape index (κ1) is 20.2. The Morgan fingerprint density at radius 3 is 2.00 bits per heavy atom. The molecule has 0 aliphatic carbocycles. The second-order valence-corrected chi connectivity index (χ2v) is 9.44. The van der Waals surface area contributed by atoms with Gasteiger partial charge in [0.25, 0.3) is 0 Å². The molecule has 2 saturated heterocycles. The van der Waals surface area contributed by atoms with E-state index in [0.717, 1.165) is 17.9 Å². The molecule has 0 radical (unpaired) electrons. The first-order valence-corrected chi connectivity index (χ1v) is 11.1. The molecule has 2 aliphatic heterocycles. The molecule has 0 bridgehead atoms. The van der Waals surface area contributed by atoms with Crippen molar-refractivity contribution in [3.05, 3.63) is 0 Å². The third kappa shape index (κ3) is 6.67. The van der Waals surface area contributed by atoms with E-state index in [1.807, 2.05) is 0 Å². The van der Waals surface area contributed by atoms with Crippen LogP contribution in [-0.4, -0.2) is 55.2 Å². The lowest BCUT2D eigenvalue weighted by Crippen LogP contribution is -2.50. The van der Waals surface area contributed by atoms with Crippen molar-refractivity contribution in [2.45, 2.75) is 91.0 Å². The first-order valence-electron chi connectivity index (χ1n) is 11.1. The summed E-state index contributed by atoms with van der Waals surface area (Å²) < 4.78 is 1.37. The lowest BCUT2D eigenvalue weighted by Gasteiger charge is -2.41. The Morgan fingerprint density at radius 1 is 0.875 bits per heavy atom. The van der Waals surface area contributed by atoms with Crippen LogP contribution in [-0.2, 0) is 0 Å². The van der Waals surface area contributed by atoms with E-state index >= 15 is 0 Å². The summed E-state index contributed by atoms with van der Waals surface area (Å²) in [7, 11) is 2.51. The minimum atomic E-state index is 0.748. The molecule has 2 heteroatoms. The van der Waals surface area contributed by atoms with Crippen LogP contribution in [0.25, 0.3) is 0 Å². The number of nitrogens with zero attached hydrogens (tertiary/aromatic N) is 2. The predicted molar refractivity (Wildman–Crippen MR) is 106 cm³/mol. The van der Waals surface area contributed by atoms with Crippen molar-refractivity contribution in [2.75, 3.05) is 39.8 Å². The van der Waals surface area contributed by atoms with Gasteiger partial charge in [0.2, 0.25) is 0 Å². The van der Waals surface area contributed by atoms with Crippen LogP contribution in [0.2, 0.25) is 0 Å². The lowest BCUT2D eigenvalue weighted by atomic mass is 9.86. The number of quaternary nitrogens is 1. The summed E-state index contributed by atoms with van der Waals surface area (Å²) in [6, 6.07) is 0.748. The standard InChI is InChI=1S/C22H45N2/c1-5-6-7-17-24(4)18-13-22(14-19-24)10-8-9-21-11-15-23(16-12-21)20(2)3/h20-22H,5-19H2,1-4H3/q+1. The van der Waals surface area contributed by atoms with Crippen molar-refractivity contribution >= 4 is 0 Å². The van der Waals surface area contributed by atoms with Crippen molar-refractivity contribution in [2.24, 2.45) is 11.8 Å². The monoisotopic (exact) mass is 337 g/mol. The fourth-order valence-corrected chi connectivity index (χ4v) is 4.95. The SMILES string of the molecule is CCCCC[N+]1(C)CCC(CCCC2CCN(C(C)C)CC2)CC1. The van der Waals surface area contributed by atoms with E-state index in [9.17, 15) is 0 Å². The molecule has 0 saturated carbocycles. The maximum absolute atomic E-state index is 2.66. The molecular weight excluding hydrogens is 292 g/mol. The van der Waals surface area contributed by atoms with Gasteiger partial charge in [0, 0.05) is 6.04 Å². The quantitative estimate of drug-likeness (QED) is 0.406. The Hall–Kier alpha value is -0.0800. The van der Waals surface area contributed by atoms with Gasteiger partial charge in [-0.3, -0.25) is 0 Å². The zero-order valence-corrected chi connectivity index (χ0v) is 17.2. The smallest absolute Gasteiger partial charge is 0.0787 e. The molecule has 0 atom stereocenters. The molecule has 0 amide bonds. The Morgan fingerprint density at radius 2 is 1.46 bits per heavy atom. The molecule has 2 rings (SSSR count). The largest absolute Gasteiger partial charge is 0.326 e. The highest BCUT2D eigenvalue weighted by atomic mass is 15.3. The molecule has 24 heavy (non-hydrogen) atoms. The van der Waals surface area contributed by atoms with Gasteiger partial charge in [-0.25, -0.2) is 0 Å². The van der Waals surface area contributed by atoms with Crippen molar-refractivity contribution in [3.8, 4) is 0 Å². The number of hydrogen-bond acceptors (Lipinski definition) is 1. The molecule has 0 aromatic rings. The molecule has 0 unspecified atom stereocenters. The molecule has 0 spiro atoms. The zero-order chi connectivity index (χ0) is 17.4. The summed E-state index contributed by atoms with van der Waals surface area (Å²) in [5, 5.41) is 0. The normalized spacial score (nSPS) is 30.1. The summed E-state index contributed by atoms with van der Waals surface area (Å²) in [4.78, 5) is 2.66. The predicted octanol–water partition coefficient (Wildman–Crippen LogP) is 5.32. The van der Waals surface area contributed by atoms with Gasteiger partial charge in [0.05, 0.1) is 26.7 Å². The Bertz CT molecular complexity index is 323. The van der Waals surface area contributed by atoms with Gasteiger partial charge in [-0.05, 0) is 77.3 Å². The van der Waals surface area contributed by atoms with Crippen molar-refractivity contribution in [3.63, 3.8) is 0 Å². The van der Waals surface area contributed by atoms with Crippen LogP contribution < -0.4 is 0 Å². The summed E-state index contributed by atoms with van der Waals surface area (Å²) >= 11 is 0. The van der Waals surface area contributed by atoms with E-state index in [4.69, 9.17) is 0 Å². The molecule has 2 heterocycles. The molecule has 0 aromatic heterocycles. The van der Waals surface area contributed by atoms with Gasteiger partial charge >= 0.3 is 0 Å². The summed E-state index contributed by atoms with van der Waals surface area (Å²) in [6.07, 6.45) is 14.6. The molecule has 142 valence electrons. The fraction of sp³-hybridized carbons (Fsp3) is 1.00. The van der Waals surface area contributed by atoms with E-state index < -0.39 is 0 Å². The van der Waals surface area contributed by atoms with Crippen LogP contribution in [0.5, 0.6) is 0 Å². The second-order valence-electron chi connectivity index (χ2n) is 9.44. The number of piperidine rings is 2. The minimum Gasteiger partial charge on any atom is -0.326 e. The number of rotatable bonds is 9. The average Bonchev–Trinajstić information content (AvgIpc) is 2.57. The van der Waals surface area contributed by atoms with E-state index in [2.05, 4.69) is 32.7 Å². The highest BCUT2D eigenvalue weighted by molar-refractivity contribution is 4.75. The molecule has 0 N–H and O–H groups in total. The highest BCUT2D eigenvalue weighted by Gasteiger charge is 2.29. The van der Waals surface area contributed by atoms with Crippen LogP contribution >= 0.6 is 0 Å². The number of likely N-dealkylation sites (tertiary alicyclic amines) is 2. The van der Waals surface area contributed by atoms with E-state index in [1.54, 1.807) is 0 Å². The maximum Gasteiger partial charge on any atom is 0.0787 e. The molecule has 2 nitrogen and oxygen atoms in total. The fourth-order valence-electron chi connectivity index (χ4n) is 4.95. The Balaban J connectivity index is 1.55. The Kier molecular flexibility index (Phi) is 8.57. The third-order valence-corrected chi connectivity index (χ3v) is 7.06. The van der Waals surface area contributed by atoms with Crippen LogP contribution in [0.4, 0.5) is 0 Å². The van der Waals surface area contributed by atoms with Crippen molar-refractivity contribution < 1.29 is 4.48 Å². The molecule has 2 aliphatic rings. The second kappa shape index (κ2) is 10.2. The number of hydrogen-bond donors (Lipinski definition) is 0. The van der Waals surface area contributed by atoms with Crippen molar-refractivity contribution in [1.29, 1.82) is 0 Å². The average molecular weight is 338 g/mol. The topological polar surface area (TPSA) is 3.24 Å². The van der Waals surface area contributed by atoms with Gasteiger partial charge < -0.3 is 9.38 Å². The van der Waals surface area contributed by atoms with Crippen LogP contribution in [0, 0.1) is 11.8 Å². The summed E-state index contributed by atoms with van der Waals surface area (Å²) in [5.41, 5.74) is 0. The summed E-state index contributed by atoms with van der Waals surface area (Å²) in [5.74, 6) is 2.07. The lowest BCUT2D eigenvalue weighted by molar-refractivity contribution is -0.915. The molecule has 2 fully saturated rings. The Labute approximate surface area is 152 Å². The van der Waals surface area contributed by atoms with Gasteiger partial charge in [-0.15, -0.1) is 0 Å². The van der Waals surface area contributed by atoms with Gasteiger partial charge in [-0.2, -0.15) is 0 Å². The number of unbranched alkanes of at least 4 members (excludes halogenated alkanes) is 2. The van der Waals surface area contributed by atoms with Gasteiger partial charge in [-0.1, -0.05) is 32.6 Å². The minimum absolute atomic E-state index is 0.748. The molecule has 0 aromatic carbocycles. The highest BCUT2D eigenvalue weighted by Crippen LogP contribution is 2.29. The van der Waals surface area contributed by atoms with Gasteiger partial charge in [0.15, 0.2) is 0 Å². The van der Waals surface area contributed by atoms with E-state index in [-0.39, 0.29) is 0 Å². The van der Waals surface area contributed by atoms with Gasteiger partial charge in [0.1, 0.15) is 0 Å². The van der Waals surface area contributed by atoms with E-state index in [1.165, 1.54) is 101 Å². The maximum atomic E-state index is 2.66. The molecular formula is C22H45N2+. The van der Waals surface area contributed by atoms with Crippen LogP contribution in [0.15, 0.2) is 0 Å². The third-order valence-electron chi connectivity index (χ3n) is 7.06. The van der Waals surface area contributed by atoms with Crippen molar-refractivity contribution in [1.82, 2.24) is 4.90 Å². The van der Waals surface area contributed by atoms with E-state index in [0.29, 0.717) is 0 Å². The van der Waals surface area contributed by atoms with Crippen LogP contribution in [0.1, 0.15) is 85.0 Å². The summed E-state index contributed by atoms with van der Waals surface area (Å²) in [6.45, 7) is 14.0. The van der Waals surface area contributed by atoms with Crippen LogP contribution in [0.3, 0.4) is 0 Å². The zero-order valence-electron chi connectivity index (χ0n) is 17.2.